The molecule has 0 saturated carbocycles. The van der Waals surface area contributed by atoms with Gasteiger partial charge in [-0.3, -0.25) is 19.9 Å². The van der Waals surface area contributed by atoms with E-state index in [1.807, 2.05) is 54.8 Å². The molecule has 0 radical (unpaired) electrons. The second kappa shape index (κ2) is 8.35. The van der Waals surface area contributed by atoms with E-state index in [-0.39, 0.29) is 6.54 Å². The molecular weight excluding hydrogens is 348 g/mol. The monoisotopic (exact) mass is 366 g/mol. The fourth-order valence-electron chi connectivity index (χ4n) is 2.27. The van der Waals surface area contributed by atoms with Crippen molar-refractivity contribution in [1.29, 1.82) is 0 Å². The van der Waals surface area contributed by atoms with Crippen LogP contribution in [0.15, 0.2) is 54.0 Å². The molecule has 0 fully saturated rings. The molecule has 0 aliphatic rings. The molecule has 3 aromatic rings. The van der Waals surface area contributed by atoms with Crippen molar-refractivity contribution >= 4 is 28.3 Å². The van der Waals surface area contributed by atoms with Crippen LogP contribution in [0, 0.1) is 6.92 Å². The molecule has 1 aromatic carbocycles. The molecule has 2 heterocycles. The number of aryl methyl sites for hydroxylation is 1. The summed E-state index contributed by atoms with van der Waals surface area (Å²) < 4.78 is 0. The van der Waals surface area contributed by atoms with Crippen LogP contribution in [0.3, 0.4) is 0 Å². The predicted molar refractivity (Wildman–Crippen MR) is 101 cm³/mol. The van der Waals surface area contributed by atoms with Crippen LogP contribution in [0.1, 0.15) is 22.5 Å². The Balaban J connectivity index is 1.51. The van der Waals surface area contributed by atoms with Gasteiger partial charge in [0.05, 0.1) is 5.69 Å². The van der Waals surface area contributed by atoms with Gasteiger partial charge in [0.1, 0.15) is 0 Å². The Hall–Kier alpha value is -3.06. The van der Waals surface area contributed by atoms with E-state index in [9.17, 15) is 9.59 Å². The lowest BCUT2D eigenvalue weighted by Crippen LogP contribution is -2.34. The first-order valence-corrected chi connectivity index (χ1v) is 8.97. The van der Waals surface area contributed by atoms with Crippen LogP contribution in [-0.4, -0.2) is 21.8 Å². The van der Waals surface area contributed by atoms with E-state index < -0.39 is 11.8 Å². The summed E-state index contributed by atoms with van der Waals surface area (Å²) in [6.45, 7) is 2.13. The maximum absolute atomic E-state index is 12.0. The van der Waals surface area contributed by atoms with Gasteiger partial charge in [-0.05, 0) is 24.1 Å². The van der Waals surface area contributed by atoms with Gasteiger partial charge in [0.25, 0.3) is 0 Å². The molecule has 0 spiro atoms. The number of hydrogen-bond donors (Lipinski definition) is 2. The van der Waals surface area contributed by atoms with Gasteiger partial charge < -0.3 is 5.32 Å². The summed E-state index contributed by atoms with van der Waals surface area (Å²) >= 11 is 1.30. The zero-order valence-electron chi connectivity index (χ0n) is 14.2. The van der Waals surface area contributed by atoms with Crippen LogP contribution in [0.25, 0.3) is 0 Å². The van der Waals surface area contributed by atoms with Crippen molar-refractivity contribution in [3.8, 4) is 0 Å². The van der Waals surface area contributed by atoms with Crippen LogP contribution < -0.4 is 10.6 Å². The third-order valence-electron chi connectivity index (χ3n) is 3.63. The number of thiazole rings is 1. The number of nitrogens with zero attached hydrogens (tertiary/aromatic N) is 2. The van der Waals surface area contributed by atoms with Crippen LogP contribution in [0.5, 0.6) is 0 Å². The Morgan fingerprint density at radius 3 is 2.58 bits per heavy atom. The Morgan fingerprint density at radius 2 is 1.85 bits per heavy atom. The lowest BCUT2D eigenvalue weighted by atomic mass is 10.1. The van der Waals surface area contributed by atoms with Crippen molar-refractivity contribution in [3.05, 3.63) is 76.6 Å². The third kappa shape index (κ3) is 4.97. The van der Waals surface area contributed by atoms with E-state index in [2.05, 4.69) is 20.6 Å². The summed E-state index contributed by atoms with van der Waals surface area (Å²) in [5, 5.41) is 7.39. The molecule has 0 unspecified atom stereocenters. The second-order valence-corrected chi connectivity index (χ2v) is 6.61. The van der Waals surface area contributed by atoms with Crippen molar-refractivity contribution in [2.75, 3.05) is 5.32 Å². The lowest BCUT2D eigenvalue weighted by molar-refractivity contribution is -0.136. The second-order valence-electron chi connectivity index (χ2n) is 5.75. The molecule has 7 heteroatoms. The molecule has 2 N–H and O–H groups in total. The number of anilines is 1. The number of amides is 2. The normalized spacial score (nSPS) is 10.3. The summed E-state index contributed by atoms with van der Waals surface area (Å²) in [6, 6.07) is 13.6. The molecule has 0 aliphatic carbocycles. The van der Waals surface area contributed by atoms with E-state index in [1.165, 1.54) is 11.3 Å². The summed E-state index contributed by atoms with van der Waals surface area (Å²) in [5.74, 6) is -1.43. The van der Waals surface area contributed by atoms with E-state index in [1.54, 1.807) is 6.20 Å². The quantitative estimate of drug-likeness (QED) is 0.680. The summed E-state index contributed by atoms with van der Waals surface area (Å²) in [6.07, 6.45) is 2.35. The smallest absolute Gasteiger partial charge is 0.315 e. The molecule has 0 aliphatic heterocycles. The highest BCUT2D eigenvalue weighted by Gasteiger charge is 2.15. The first-order chi connectivity index (χ1) is 12.6. The number of hydrogen-bond acceptors (Lipinski definition) is 5. The van der Waals surface area contributed by atoms with Crippen LogP contribution in [0.2, 0.25) is 0 Å². The van der Waals surface area contributed by atoms with E-state index in [4.69, 9.17) is 0 Å². The van der Waals surface area contributed by atoms with Crippen LogP contribution in [0.4, 0.5) is 5.13 Å². The van der Waals surface area contributed by atoms with E-state index >= 15 is 0 Å². The van der Waals surface area contributed by atoms with Gasteiger partial charge in [-0.1, -0.05) is 36.4 Å². The predicted octanol–water partition coefficient (Wildman–Crippen LogP) is 2.69. The van der Waals surface area contributed by atoms with Crippen LogP contribution in [-0.2, 0) is 22.6 Å². The zero-order valence-corrected chi connectivity index (χ0v) is 15.0. The Labute approximate surface area is 155 Å². The molecule has 0 atom stereocenters. The molecule has 3 rings (SSSR count). The minimum absolute atomic E-state index is 0.247. The first-order valence-electron chi connectivity index (χ1n) is 8.09. The minimum Gasteiger partial charge on any atom is -0.344 e. The topological polar surface area (TPSA) is 84.0 Å². The van der Waals surface area contributed by atoms with Crippen LogP contribution >= 0.6 is 11.3 Å². The number of benzene rings is 1. The number of nitrogens with one attached hydrogen (secondary N) is 2. The van der Waals surface area contributed by atoms with Crippen molar-refractivity contribution < 1.29 is 9.59 Å². The average Bonchev–Trinajstić information content (AvgIpc) is 3.08. The Morgan fingerprint density at radius 1 is 1.04 bits per heavy atom. The average molecular weight is 366 g/mol. The molecule has 6 nitrogen and oxygen atoms in total. The molecule has 0 saturated heterocycles. The molecule has 0 bridgehead atoms. The molecule has 2 amide bonds. The first kappa shape index (κ1) is 17.8. The molecular formula is C19H18N4O2S. The Kier molecular flexibility index (Phi) is 5.70. The lowest BCUT2D eigenvalue weighted by Gasteiger charge is -2.05. The van der Waals surface area contributed by atoms with Gasteiger partial charge in [0, 0.05) is 30.2 Å². The van der Waals surface area contributed by atoms with Gasteiger partial charge in [0.15, 0.2) is 5.13 Å². The maximum atomic E-state index is 12.0. The number of pyridine rings is 1. The Bertz CT molecular complexity index is 891. The van der Waals surface area contributed by atoms with Crippen molar-refractivity contribution in [3.63, 3.8) is 0 Å². The van der Waals surface area contributed by atoms with Crippen molar-refractivity contribution in [2.24, 2.45) is 0 Å². The third-order valence-corrected chi connectivity index (χ3v) is 4.44. The maximum Gasteiger partial charge on any atom is 0.315 e. The standard InChI is InChI=1S/C19H18N4O2S/c1-13-7-8-15(10-20-13)11-21-17(24)18(25)23-19-22-16(12-26-19)9-14-5-3-2-4-6-14/h2-8,10,12H,9,11H2,1H3,(H,21,24)(H,22,23,25). The number of rotatable bonds is 5. The molecule has 132 valence electrons. The SMILES string of the molecule is Cc1ccc(CNC(=O)C(=O)Nc2nc(Cc3ccccc3)cs2)cn1. The molecule has 26 heavy (non-hydrogen) atoms. The summed E-state index contributed by atoms with van der Waals surface area (Å²) in [4.78, 5) is 32.4. The number of carbonyl (C=O) groups is 2. The summed E-state index contributed by atoms with van der Waals surface area (Å²) in [7, 11) is 0. The molecule has 2 aromatic heterocycles. The zero-order chi connectivity index (χ0) is 18.4. The highest BCUT2D eigenvalue weighted by atomic mass is 32.1. The largest absolute Gasteiger partial charge is 0.344 e. The summed E-state index contributed by atoms with van der Waals surface area (Å²) in [5.41, 5.74) is 3.71. The highest BCUT2D eigenvalue weighted by molar-refractivity contribution is 7.14. The minimum atomic E-state index is -0.731. The van der Waals surface area contributed by atoms with E-state index in [0.29, 0.717) is 11.6 Å². The van der Waals surface area contributed by atoms with Gasteiger partial charge in [-0.15, -0.1) is 11.3 Å². The van der Waals surface area contributed by atoms with E-state index in [0.717, 1.165) is 22.5 Å². The fourth-order valence-corrected chi connectivity index (χ4v) is 2.98. The highest BCUT2D eigenvalue weighted by Crippen LogP contribution is 2.18. The van der Waals surface area contributed by atoms with Gasteiger partial charge in [-0.2, -0.15) is 0 Å². The number of aromatic nitrogens is 2. The van der Waals surface area contributed by atoms with Gasteiger partial charge in [-0.25, -0.2) is 4.98 Å². The van der Waals surface area contributed by atoms with Gasteiger partial charge in [0.2, 0.25) is 0 Å². The fraction of sp³-hybridized carbons (Fsp3) is 0.158. The van der Waals surface area contributed by atoms with Crippen molar-refractivity contribution in [1.82, 2.24) is 15.3 Å². The van der Waals surface area contributed by atoms with Gasteiger partial charge >= 0.3 is 11.8 Å². The van der Waals surface area contributed by atoms with Crippen molar-refractivity contribution in [2.45, 2.75) is 19.9 Å². The number of carbonyl (C=O) groups excluding carboxylic acids is 2.